The number of hydrogen-bond donors (Lipinski definition) is 0. The molecule has 2 heteroatoms. The van der Waals surface area contributed by atoms with Crippen molar-refractivity contribution < 1.29 is 9.53 Å². The van der Waals surface area contributed by atoms with Gasteiger partial charge in [-0.25, -0.2) is 0 Å². The Balaban J connectivity index is 2.18. The third-order valence-corrected chi connectivity index (χ3v) is 3.53. The second kappa shape index (κ2) is 5.38. The Hall–Kier alpha value is -1.57. The highest BCUT2D eigenvalue weighted by atomic mass is 16.5. The number of allylic oxidation sites excluding steroid dienone is 2. The SMILES string of the molecule is CCCCC1(c2ccccc2)C=C(OC(C)=O)C1. The first-order chi connectivity index (χ1) is 8.66. The van der Waals surface area contributed by atoms with Crippen LogP contribution >= 0.6 is 0 Å². The zero-order chi connectivity index (χ0) is 13.0. The third-order valence-electron chi connectivity index (χ3n) is 3.53. The molecule has 0 heterocycles. The standard InChI is InChI=1S/C16H20O2/c1-3-4-10-16(14-8-6-5-7-9-14)11-15(12-16)18-13(2)17/h5-9,11H,3-4,10,12H2,1-2H3. The van der Waals surface area contributed by atoms with Crippen molar-refractivity contribution >= 4 is 5.97 Å². The van der Waals surface area contributed by atoms with Crippen LogP contribution in [-0.4, -0.2) is 5.97 Å². The summed E-state index contributed by atoms with van der Waals surface area (Å²) in [5, 5.41) is 0. The van der Waals surface area contributed by atoms with Gasteiger partial charge in [0.1, 0.15) is 5.76 Å². The Morgan fingerprint density at radius 3 is 2.56 bits per heavy atom. The number of carbonyl (C=O) groups is 1. The summed E-state index contributed by atoms with van der Waals surface area (Å²) in [6.07, 6.45) is 6.47. The van der Waals surface area contributed by atoms with Crippen LogP contribution in [0.5, 0.6) is 0 Å². The van der Waals surface area contributed by atoms with Gasteiger partial charge in [-0.3, -0.25) is 4.79 Å². The van der Waals surface area contributed by atoms with Crippen molar-refractivity contribution in [3.05, 3.63) is 47.7 Å². The Morgan fingerprint density at radius 2 is 2.00 bits per heavy atom. The van der Waals surface area contributed by atoms with Crippen molar-refractivity contribution in [3.63, 3.8) is 0 Å². The van der Waals surface area contributed by atoms with E-state index in [-0.39, 0.29) is 11.4 Å². The molecule has 1 atom stereocenters. The lowest BCUT2D eigenvalue weighted by molar-refractivity contribution is -0.137. The fourth-order valence-corrected chi connectivity index (χ4v) is 2.59. The van der Waals surface area contributed by atoms with Crippen LogP contribution in [0.4, 0.5) is 0 Å². The molecular weight excluding hydrogens is 224 g/mol. The second-order valence-corrected chi connectivity index (χ2v) is 5.01. The van der Waals surface area contributed by atoms with Gasteiger partial charge in [0.15, 0.2) is 0 Å². The molecule has 1 aromatic rings. The molecular formula is C16H20O2. The molecule has 0 saturated heterocycles. The van der Waals surface area contributed by atoms with E-state index in [1.165, 1.54) is 25.3 Å². The lowest BCUT2D eigenvalue weighted by Gasteiger charge is -2.39. The second-order valence-electron chi connectivity index (χ2n) is 5.01. The number of rotatable bonds is 5. The molecule has 2 nitrogen and oxygen atoms in total. The monoisotopic (exact) mass is 244 g/mol. The molecule has 1 aromatic carbocycles. The van der Waals surface area contributed by atoms with E-state index in [2.05, 4.69) is 37.3 Å². The van der Waals surface area contributed by atoms with E-state index < -0.39 is 0 Å². The lowest BCUT2D eigenvalue weighted by atomic mass is 9.66. The average molecular weight is 244 g/mol. The predicted octanol–water partition coefficient (Wildman–Crippen LogP) is 3.97. The highest BCUT2D eigenvalue weighted by molar-refractivity contribution is 5.68. The number of ether oxygens (including phenoxy) is 1. The highest BCUT2D eigenvalue weighted by Gasteiger charge is 2.39. The molecule has 0 bridgehead atoms. The molecule has 0 aromatic heterocycles. The molecule has 0 radical (unpaired) electrons. The summed E-state index contributed by atoms with van der Waals surface area (Å²) in [7, 11) is 0. The zero-order valence-electron chi connectivity index (χ0n) is 11.1. The van der Waals surface area contributed by atoms with Crippen LogP contribution in [0.3, 0.4) is 0 Å². The van der Waals surface area contributed by atoms with E-state index in [4.69, 9.17) is 4.74 Å². The molecule has 1 aliphatic rings. The summed E-state index contributed by atoms with van der Waals surface area (Å²) in [4.78, 5) is 10.9. The molecule has 1 aliphatic carbocycles. The number of carbonyl (C=O) groups excluding carboxylic acids is 1. The molecule has 0 spiro atoms. The molecule has 0 N–H and O–H groups in total. The first kappa shape index (κ1) is 12.9. The molecule has 2 rings (SSSR count). The van der Waals surface area contributed by atoms with Crippen LogP contribution in [-0.2, 0) is 14.9 Å². The number of unbranched alkanes of at least 4 members (excludes halogenated alkanes) is 1. The minimum absolute atomic E-state index is 0.0854. The molecule has 0 amide bonds. The molecule has 96 valence electrons. The normalized spacial score (nSPS) is 22.0. The van der Waals surface area contributed by atoms with Crippen molar-refractivity contribution in [2.75, 3.05) is 0 Å². The largest absolute Gasteiger partial charge is 0.432 e. The van der Waals surface area contributed by atoms with E-state index in [1.54, 1.807) is 0 Å². The van der Waals surface area contributed by atoms with Crippen molar-refractivity contribution in [2.45, 2.75) is 44.9 Å². The molecule has 0 fully saturated rings. The summed E-state index contributed by atoms with van der Waals surface area (Å²) < 4.78 is 5.17. The van der Waals surface area contributed by atoms with Gasteiger partial charge in [0.25, 0.3) is 0 Å². The Morgan fingerprint density at radius 1 is 1.33 bits per heavy atom. The van der Waals surface area contributed by atoms with Gasteiger partial charge in [-0.2, -0.15) is 0 Å². The van der Waals surface area contributed by atoms with E-state index in [0.717, 1.165) is 18.6 Å². The summed E-state index contributed by atoms with van der Waals surface area (Å²) in [6.45, 7) is 3.66. The van der Waals surface area contributed by atoms with Gasteiger partial charge < -0.3 is 4.74 Å². The maximum atomic E-state index is 10.9. The fraction of sp³-hybridized carbons (Fsp3) is 0.438. The van der Waals surface area contributed by atoms with Gasteiger partial charge >= 0.3 is 5.97 Å². The van der Waals surface area contributed by atoms with Gasteiger partial charge in [-0.15, -0.1) is 0 Å². The number of hydrogen-bond acceptors (Lipinski definition) is 2. The van der Waals surface area contributed by atoms with Crippen LogP contribution < -0.4 is 0 Å². The number of benzene rings is 1. The summed E-state index contributed by atoms with van der Waals surface area (Å²) in [6, 6.07) is 10.5. The summed E-state index contributed by atoms with van der Waals surface area (Å²) in [5.41, 5.74) is 1.41. The van der Waals surface area contributed by atoms with Crippen molar-refractivity contribution in [1.29, 1.82) is 0 Å². The van der Waals surface area contributed by atoms with Crippen molar-refractivity contribution in [2.24, 2.45) is 0 Å². The lowest BCUT2D eigenvalue weighted by Crippen LogP contribution is -2.33. The maximum Gasteiger partial charge on any atom is 0.307 e. The van der Waals surface area contributed by atoms with Gasteiger partial charge in [-0.05, 0) is 18.1 Å². The first-order valence-electron chi connectivity index (χ1n) is 6.62. The van der Waals surface area contributed by atoms with Gasteiger partial charge in [-0.1, -0.05) is 50.1 Å². The quantitative estimate of drug-likeness (QED) is 0.733. The van der Waals surface area contributed by atoms with Gasteiger partial charge in [0.2, 0.25) is 0 Å². The summed E-state index contributed by atoms with van der Waals surface area (Å²) >= 11 is 0. The van der Waals surface area contributed by atoms with Crippen molar-refractivity contribution in [1.82, 2.24) is 0 Å². The zero-order valence-corrected chi connectivity index (χ0v) is 11.1. The van der Waals surface area contributed by atoms with E-state index in [9.17, 15) is 4.79 Å². The molecule has 0 aliphatic heterocycles. The molecule has 18 heavy (non-hydrogen) atoms. The molecule has 1 unspecified atom stereocenters. The Labute approximate surface area is 109 Å². The fourth-order valence-electron chi connectivity index (χ4n) is 2.59. The highest BCUT2D eigenvalue weighted by Crippen LogP contribution is 2.46. The minimum atomic E-state index is -0.224. The third kappa shape index (κ3) is 2.63. The topological polar surface area (TPSA) is 26.3 Å². The maximum absolute atomic E-state index is 10.9. The smallest absolute Gasteiger partial charge is 0.307 e. The van der Waals surface area contributed by atoms with Crippen LogP contribution in [0.25, 0.3) is 0 Å². The minimum Gasteiger partial charge on any atom is -0.432 e. The van der Waals surface area contributed by atoms with Gasteiger partial charge in [0.05, 0.1) is 0 Å². The number of esters is 1. The van der Waals surface area contributed by atoms with Crippen LogP contribution in [0.15, 0.2) is 42.2 Å². The Kier molecular flexibility index (Phi) is 3.85. The van der Waals surface area contributed by atoms with Crippen LogP contribution in [0.1, 0.15) is 45.1 Å². The molecule has 0 saturated carbocycles. The van der Waals surface area contributed by atoms with E-state index >= 15 is 0 Å². The van der Waals surface area contributed by atoms with Crippen LogP contribution in [0.2, 0.25) is 0 Å². The van der Waals surface area contributed by atoms with Crippen LogP contribution in [0, 0.1) is 0 Å². The average Bonchev–Trinajstić information content (AvgIpc) is 2.32. The van der Waals surface area contributed by atoms with Gasteiger partial charge in [0, 0.05) is 18.8 Å². The Bertz CT molecular complexity index is 447. The van der Waals surface area contributed by atoms with E-state index in [1.807, 2.05) is 6.07 Å². The van der Waals surface area contributed by atoms with Crippen molar-refractivity contribution in [3.8, 4) is 0 Å². The van der Waals surface area contributed by atoms with E-state index in [0.29, 0.717) is 0 Å². The first-order valence-corrected chi connectivity index (χ1v) is 6.62. The summed E-state index contributed by atoms with van der Waals surface area (Å²) in [5.74, 6) is 0.598. The predicted molar refractivity (Wildman–Crippen MR) is 72.1 cm³/mol.